The zero-order valence-electron chi connectivity index (χ0n) is 13.7. The highest BCUT2D eigenvalue weighted by molar-refractivity contribution is 5.98. The maximum atomic E-state index is 12.5. The Morgan fingerprint density at radius 2 is 2.26 bits per heavy atom. The van der Waals surface area contributed by atoms with Gasteiger partial charge < -0.3 is 14.8 Å². The number of nitrogens with zero attached hydrogens (tertiary/aromatic N) is 3. The van der Waals surface area contributed by atoms with Crippen LogP contribution >= 0.6 is 0 Å². The lowest BCUT2D eigenvalue weighted by molar-refractivity contribution is 0.0933. The number of amides is 1. The van der Waals surface area contributed by atoms with Crippen molar-refractivity contribution in [2.75, 3.05) is 20.3 Å². The fraction of sp³-hybridized carbons (Fsp3) is 0.562. The number of ether oxygens (including phenoxy) is 2. The SMILES string of the molecule is COCCOc1cc(C)n2cnc(C(=O)N[C@@H](C)C3CC3)c2n1. The number of fused-ring (bicyclic) bond motifs is 1. The number of aryl methyl sites for hydroxylation is 1. The topological polar surface area (TPSA) is 77.8 Å². The molecule has 0 radical (unpaired) electrons. The van der Waals surface area contributed by atoms with Crippen molar-refractivity contribution in [2.45, 2.75) is 32.7 Å². The van der Waals surface area contributed by atoms with Crippen molar-refractivity contribution in [3.63, 3.8) is 0 Å². The normalized spacial score (nSPS) is 15.6. The molecule has 7 nitrogen and oxygen atoms in total. The average molecular weight is 318 g/mol. The fourth-order valence-corrected chi connectivity index (χ4v) is 2.54. The molecule has 1 fully saturated rings. The van der Waals surface area contributed by atoms with Crippen molar-refractivity contribution in [2.24, 2.45) is 5.92 Å². The van der Waals surface area contributed by atoms with Gasteiger partial charge in [-0.2, -0.15) is 4.98 Å². The zero-order chi connectivity index (χ0) is 16.4. The number of aromatic nitrogens is 3. The number of nitrogens with one attached hydrogen (secondary N) is 1. The van der Waals surface area contributed by atoms with E-state index in [1.807, 2.05) is 19.9 Å². The maximum Gasteiger partial charge on any atom is 0.274 e. The summed E-state index contributed by atoms with van der Waals surface area (Å²) in [5.41, 5.74) is 1.75. The first-order chi connectivity index (χ1) is 11.1. The molecule has 0 saturated heterocycles. The van der Waals surface area contributed by atoms with Gasteiger partial charge in [-0.15, -0.1) is 0 Å². The van der Waals surface area contributed by atoms with Crippen LogP contribution in [0.4, 0.5) is 0 Å². The van der Waals surface area contributed by atoms with Gasteiger partial charge in [-0.1, -0.05) is 0 Å². The van der Waals surface area contributed by atoms with Crippen molar-refractivity contribution < 1.29 is 14.3 Å². The van der Waals surface area contributed by atoms with Crippen LogP contribution in [-0.2, 0) is 4.74 Å². The molecular weight excluding hydrogens is 296 g/mol. The molecule has 0 aromatic carbocycles. The third kappa shape index (κ3) is 3.44. The van der Waals surface area contributed by atoms with E-state index in [0.717, 1.165) is 5.69 Å². The van der Waals surface area contributed by atoms with Gasteiger partial charge in [0.15, 0.2) is 11.3 Å². The van der Waals surface area contributed by atoms with Gasteiger partial charge in [0.1, 0.15) is 12.9 Å². The van der Waals surface area contributed by atoms with E-state index < -0.39 is 0 Å². The molecule has 0 bridgehead atoms. The van der Waals surface area contributed by atoms with E-state index >= 15 is 0 Å². The van der Waals surface area contributed by atoms with Gasteiger partial charge in [-0.3, -0.25) is 9.20 Å². The zero-order valence-corrected chi connectivity index (χ0v) is 13.7. The summed E-state index contributed by atoms with van der Waals surface area (Å²) >= 11 is 0. The van der Waals surface area contributed by atoms with Crippen molar-refractivity contribution >= 4 is 11.6 Å². The summed E-state index contributed by atoms with van der Waals surface area (Å²) in [6, 6.07) is 1.99. The molecule has 7 heteroatoms. The molecular formula is C16H22N4O3. The Hall–Kier alpha value is -2.15. The summed E-state index contributed by atoms with van der Waals surface area (Å²) in [6.45, 7) is 4.85. The molecule has 2 heterocycles. The number of imidazole rings is 1. The van der Waals surface area contributed by atoms with E-state index in [4.69, 9.17) is 9.47 Å². The molecule has 0 aliphatic heterocycles. The Bertz CT molecular complexity index is 709. The lowest BCUT2D eigenvalue weighted by Gasteiger charge is -2.12. The van der Waals surface area contributed by atoms with Crippen LogP contribution in [0.25, 0.3) is 5.65 Å². The summed E-state index contributed by atoms with van der Waals surface area (Å²) in [5.74, 6) is 0.875. The van der Waals surface area contributed by atoms with Crippen LogP contribution in [0.2, 0.25) is 0 Å². The monoisotopic (exact) mass is 318 g/mol. The minimum absolute atomic E-state index is 0.168. The lowest BCUT2D eigenvalue weighted by atomic mass is 10.2. The van der Waals surface area contributed by atoms with E-state index in [2.05, 4.69) is 15.3 Å². The average Bonchev–Trinajstić information content (AvgIpc) is 3.27. The summed E-state index contributed by atoms with van der Waals surface area (Å²) in [7, 11) is 1.62. The largest absolute Gasteiger partial charge is 0.475 e. The Morgan fingerprint density at radius 1 is 1.48 bits per heavy atom. The molecule has 3 rings (SSSR count). The smallest absolute Gasteiger partial charge is 0.274 e. The fourth-order valence-electron chi connectivity index (χ4n) is 2.54. The number of hydrogen-bond acceptors (Lipinski definition) is 5. The van der Waals surface area contributed by atoms with Gasteiger partial charge in [0.2, 0.25) is 5.88 Å². The van der Waals surface area contributed by atoms with Crippen LogP contribution in [0, 0.1) is 12.8 Å². The summed E-state index contributed by atoms with van der Waals surface area (Å²) in [5, 5.41) is 3.01. The molecule has 2 aromatic heterocycles. The number of carbonyl (C=O) groups excluding carboxylic acids is 1. The summed E-state index contributed by atoms with van der Waals surface area (Å²) in [4.78, 5) is 21.1. The Morgan fingerprint density at radius 3 is 2.96 bits per heavy atom. The van der Waals surface area contributed by atoms with Crippen LogP contribution in [0.1, 0.15) is 35.9 Å². The molecule has 124 valence electrons. The second kappa shape index (κ2) is 6.54. The number of rotatable bonds is 7. The highest BCUT2D eigenvalue weighted by atomic mass is 16.5. The van der Waals surface area contributed by atoms with Gasteiger partial charge in [-0.25, -0.2) is 4.98 Å². The summed E-state index contributed by atoms with van der Waals surface area (Å²) in [6.07, 6.45) is 3.98. The Balaban J connectivity index is 1.83. The lowest BCUT2D eigenvalue weighted by Crippen LogP contribution is -2.34. The molecule has 2 aromatic rings. The first-order valence-electron chi connectivity index (χ1n) is 7.87. The van der Waals surface area contributed by atoms with Crippen LogP contribution in [-0.4, -0.2) is 46.6 Å². The van der Waals surface area contributed by atoms with Crippen LogP contribution in [0.15, 0.2) is 12.4 Å². The molecule has 1 N–H and O–H groups in total. The molecule has 23 heavy (non-hydrogen) atoms. The van der Waals surface area contributed by atoms with Gasteiger partial charge in [-0.05, 0) is 32.6 Å². The Labute approximate surface area is 135 Å². The first-order valence-corrected chi connectivity index (χ1v) is 7.87. The van der Waals surface area contributed by atoms with Crippen molar-refractivity contribution in [3.8, 4) is 5.88 Å². The van der Waals surface area contributed by atoms with Crippen LogP contribution in [0.3, 0.4) is 0 Å². The van der Waals surface area contributed by atoms with E-state index in [-0.39, 0.29) is 11.9 Å². The number of methoxy groups -OCH3 is 1. The molecule has 0 unspecified atom stereocenters. The third-order valence-corrected chi connectivity index (χ3v) is 4.11. The van der Waals surface area contributed by atoms with Crippen molar-refractivity contribution in [1.82, 2.24) is 19.7 Å². The van der Waals surface area contributed by atoms with Gasteiger partial charge >= 0.3 is 0 Å². The standard InChI is InChI=1S/C16H22N4O3/c1-10-8-13(23-7-6-22-3)19-15-14(17-9-20(10)15)16(21)18-11(2)12-4-5-12/h8-9,11-12H,4-7H2,1-3H3,(H,18,21)/t11-/m0/s1. The van der Waals surface area contributed by atoms with Gasteiger partial charge in [0.05, 0.1) is 6.61 Å². The minimum atomic E-state index is -0.187. The van der Waals surface area contributed by atoms with E-state index in [1.165, 1.54) is 12.8 Å². The van der Waals surface area contributed by atoms with Crippen molar-refractivity contribution in [1.29, 1.82) is 0 Å². The molecule has 0 spiro atoms. The third-order valence-electron chi connectivity index (χ3n) is 4.11. The van der Waals surface area contributed by atoms with Gasteiger partial charge in [0, 0.05) is 24.9 Å². The van der Waals surface area contributed by atoms with E-state index in [0.29, 0.717) is 36.4 Å². The highest BCUT2D eigenvalue weighted by Crippen LogP contribution is 2.32. The quantitative estimate of drug-likeness (QED) is 0.785. The van der Waals surface area contributed by atoms with Crippen LogP contribution in [0.5, 0.6) is 5.88 Å². The minimum Gasteiger partial charge on any atom is -0.475 e. The highest BCUT2D eigenvalue weighted by Gasteiger charge is 2.30. The van der Waals surface area contributed by atoms with Crippen LogP contribution < -0.4 is 10.1 Å². The maximum absolute atomic E-state index is 12.5. The molecule has 1 aliphatic rings. The predicted octanol–water partition coefficient (Wildman–Crippen LogP) is 1.59. The van der Waals surface area contributed by atoms with Crippen molar-refractivity contribution in [3.05, 3.63) is 23.8 Å². The Kier molecular flexibility index (Phi) is 4.47. The predicted molar refractivity (Wildman–Crippen MR) is 84.7 cm³/mol. The van der Waals surface area contributed by atoms with E-state index in [9.17, 15) is 4.79 Å². The van der Waals surface area contributed by atoms with Gasteiger partial charge in [0.25, 0.3) is 5.91 Å². The molecule has 1 aliphatic carbocycles. The second-order valence-corrected chi connectivity index (χ2v) is 5.96. The first kappa shape index (κ1) is 15.7. The molecule has 1 amide bonds. The summed E-state index contributed by atoms with van der Waals surface area (Å²) < 4.78 is 12.3. The number of hydrogen-bond donors (Lipinski definition) is 1. The second-order valence-electron chi connectivity index (χ2n) is 5.96. The van der Waals surface area contributed by atoms with E-state index in [1.54, 1.807) is 17.8 Å². The molecule has 1 atom stereocenters. The molecule has 1 saturated carbocycles. The number of carbonyl (C=O) groups is 1.